The molecule has 1 saturated heterocycles. The molecule has 2 aliphatic heterocycles. The SMILES string of the molecule is NC(=O)CCCCCCCN1CCN(c2ccc(-c3ccc4c(c3)C(=O)N(C(C(=O)Nc3nccs3)c3ccccc3)C4)cn2)CC1. The summed E-state index contributed by atoms with van der Waals surface area (Å²) >= 11 is 1.34. The van der Waals surface area contributed by atoms with E-state index < -0.39 is 6.04 Å². The number of nitrogens with one attached hydrogen (secondary N) is 1. The second-order valence-corrected chi connectivity index (χ2v) is 13.1. The van der Waals surface area contributed by atoms with E-state index in [9.17, 15) is 14.4 Å². The van der Waals surface area contributed by atoms with Crippen LogP contribution in [-0.2, 0) is 16.1 Å². The highest BCUT2D eigenvalue weighted by Crippen LogP contribution is 2.35. The van der Waals surface area contributed by atoms with Crippen molar-refractivity contribution in [1.29, 1.82) is 0 Å². The van der Waals surface area contributed by atoms with Crippen LogP contribution in [0.15, 0.2) is 78.4 Å². The van der Waals surface area contributed by atoms with Crippen molar-refractivity contribution in [3.8, 4) is 11.1 Å². The van der Waals surface area contributed by atoms with E-state index in [-0.39, 0.29) is 17.7 Å². The highest BCUT2D eigenvalue weighted by Gasteiger charge is 2.38. The van der Waals surface area contributed by atoms with E-state index in [1.165, 1.54) is 24.2 Å². The van der Waals surface area contributed by atoms with Gasteiger partial charge in [-0.15, -0.1) is 11.3 Å². The number of carbonyl (C=O) groups excluding carboxylic acids is 3. The predicted octanol–water partition coefficient (Wildman–Crippen LogP) is 5.49. The molecule has 3 amide bonds. The molecule has 244 valence electrons. The molecule has 0 bridgehead atoms. The van der Waals surface area contributed by atoms with Gasteiger partial charge in [-0.2, -0.15) is 0 Å². The van der Waals surface area contributed by atoms with Gasteiger partial charge in [0.05, 0.1) is 0 Å². The molecule has 2 aromatic heterocycles. The van der Waals surface area contributed by atoms with Crippen LogP contribution in [0.3, 0.4) is 0 Å². The molecule has 6 rings (SSSR count). The van der Waals surface area contributed by atoms with Crippen LogP contribution in [0.25, 0.3) is 11.1 Å². The largest absolute Gasteiger partial charge is 0.370 e. The summed E-state index contributed by atoms with van der Waals surface area (Å²) in [5.74, 6) is 0.295. The summed E-state index contributed by atoms with van der Waals surface area (Å²) in [5.41, 5.74) is 9.32. The Morgan fingerprint density at radius 1 is 0.894 bits per heavy atom. The van der Waals surface area contributed by atoms with Crippen molar-refractivity contribution in [2.24, 2.45) is 5.73 Å². The van der Waals surface area contributed by atoms with E-state index in [0.29, 0.717) is 23.7 Å². The minimum Gasteiger partial charge on any atom is -0.370 e. The molecule has 4 heterocycles. The van der Waals surface area contributed by atoms with E-state index in [1.54, 1.807) is 16.5 Å². The highest BCUT2D eigenvalue weighted by molar-refractivity contribution is 7.13. The molecule has 1 fully saturated rings. The highest BCUT2D eigenvalue weighted by atomic mass is 32.1. The van der Waals surface area contributed by atoms with Crippen LogP contribution >= 0.6 is 11.3 Å². The summed E-state index contributed by atoms with van der Waals surface area (Å²) in [7, 11) is 0. The third-order valence-electron chi connectivity index (χ3n) is 8.95. The Labute approximate surface area is 279 Å². The Bertz CT molecular complexity index is 1660. The van der Waals surface area contributed by atoms with E-state index >= 15 is 0 Å². The fraction of sp³-hybridized carbons (Fsp3) is 0.361. The van der Waals surface area contributed by atoms with Gasteiger partial charge in [0, 0.05) is 68.0 Å². The number of piperazine rings is 1. The summed E-state index contributed by atoms with van der Waals surface area (Å²) in [5, 5.41) is 5.19. The number of pyridine rings is 1. The van der Waals surface area contributed by atoms with Gasteiger partial charge in [-0.25, -0.2) is 9.97 Å². The van der Waals surface area contributed by atoms with Crippen molar-refractivity contribution >= 4 is 40.0 Å². The third kappa shape index (κ3) is 8.04. The first-order chi connectivity index (χ1) is 23.0. The molecule has 0 radical (unpaired) electrons. The average molecular weight is 652 g/mol. The minimum absolute atomic E-state index is 0.171. The number of nitrogens with two attached hydrogens (primary N) is 1. The van der Waals surface area contributed by atoms with E-state index in [2.05, 4.69) is 32.2 Å². The lowest BCUT2D eigenvalue weighted by atomic mass is 10.0. The summed E-state index contributed by atoms with van der Waals surface area (Å²) < 4.78 is 0. The summed E-state index contributed by atoms with van der Waals surface area (Å²) in [4.78, 5) is 53.7. The van der Waals surface area contributed by atoms with Gasteiger partial charge in [-0.1, -0.05) is 61.7 Å². The Hall–Kier alpha value is -4.61. The molecule has 2 aromatic carbocycles. The van der Waals surface area contributed by atoms with Gasteiger partial charge >= 0.3 is 0 Å². The first-order valence-electron chi connectivity index (χ1n) is 16.4. The third-order valence-corrected chi connectivity index (χ3v) is 9.64. The molecule has 11 heteroatoms. The smallest absolute Gasteiger partial charge is 0.255 e. The molecule has 47 heavy (non-hydrogen) atoms. The average Bonchev–Trinajstić information content (AvgIpc) is 3.72. The number of carbonyl (C=O) groups is 3. The molecular formula is C36H41N7O3S. The van der Waals surface area contributed by atoms with Gasteiger partial charge in [0.25, 0.3) is 11.8 Å². The Morgan fingerprint density at radius 2 is 1.66 bits per heavy atom. The number of primary amides is 1. The summed E-state index contributed by atoms with van der Waals surface area (Å²) in [6, 6.07) is 18.7. The zero-order valence-electron chi connectivity index (χ0n) is 26.5. The van der Waals surface area contributed by atoms with Crippen LogP contribution in [0.5, 0.6) is 0 Å². The van der Waals surface area contributed by atoms with E-state index in [1.807, 2.05) is 54.7 Å². The monoisotopic (exact) mass is 651 g/mol. The Kier molecular flexibility index (Phi) is 10.5. The van der Waals surface area contributed by atoms with Gasteiger partial charge in [0.1, 0.15) is 11.9 Å². The minimum atomic E-state index is -0.788. The molecule has 0 spiro atoms. The maximum atomic E-state index is 13.8. The first kappa shape index (κ1) is 32.3. The van der Waals surface area contributed by atoms with Gasteiger partial charge in [0.2, 0.25) is 5.91 Å². The van der Waals surface area contributed by atoms with Gasteiger partial charge in [-0.3, -0.25) is 24.6 Å². The fourth-order valence-electron chi connectivity index (χ4n) is 6.39. The number of thiazole rings is 1. The number of rotatable bonds is 14. The molecule has 4 aromatic rings. The maximum absolute atomic E-state index is 13.8. The van der Waals surface area contributed by atoms with E-state index in [0.717, 1.165) is 80.1 Å². The van der Waals surface area contributed by atoms with Gasteiger partial charge < -0.3 is 15.5 Å². The Morgan fingerprint density at radius 3 is 2.38 bits per heavy atom. The van der Waals surface area contributed by atoms with Crippen molar-refractivity contribution < 1.29 is 14.4 Å². The molecule has 1 unspecified atom stereocenters. The topological polar surface area (TPSA) is 125 Å². The molecule has 1 atom stereocenters. The quantitative estimate of drug-likeness (QED) is 0.173. The molecular weight excluding hydrogens is 611 g/mol. The number of amides is 3. The summed E-state index contributed by atoms with van der Waals surface area (Å²) in [6.45, 7) is 5.35. The number of unbranched alkanes of at least 4 members (excludes halogenated alkanes) is 4. The predicted molar refractivity (Wildman–Crippen MR) is 185 cm³/mol. The number of hydrogen-bond donors (Lipinski definition) is 2. The Balaban J connectivity index is 1.05. The van der Waals surface area contributed by atoms with Crippen molar-refractivity contribution in [3.63, 3.8) is 0 Å². The van der Waals surface area contributed by atoms with Gasteiger partial charge in [-0.05, 0) is 54.3 Å². The lowest BCUT2D eigenvalue weighted by molar-refractivity contribution is -0.121. The maximum Gasteiger partial charge on any atom is 0.255 e. The fourth-order valence-corrected chi connectivity index (χ4v) is 6.92. The van der Waals surface area contributed by atoms with Crippen molar-refractivity contribution in [2.75, 3.05) is 42.9 Å². The number of anilines is 2. The van der Waals surface area contributed by atoms with Gasteiger partial charge in [0.15, 0.2) is 5.13 Å². The zero-order valence-corrected chi connectivity index (χ0v) is 27.3. The zero-order chi connectivity index (χ0) is 32.6. The number of fused-ring (bicyclic) bond motifs is 1. The molecule has 0 saturated carbocycles. The second kappa shape index (κ2) is 15.3. The second-order valence-electron chi connectivity index (χ2n) is 12.2. The van der Waals surface area contributed by atoms with Crippen LogP contribution in [-0.4, -0.2) is 70.2 Å². The molecule has 3 N–H and O–H groups in total. The van der Waals surface area contributed by atoms with Crippen LogP contribution in [0.1, 0.15) is 66.1 Å². The van der Waals surface area contributed by atoms with Crippen LogP contribution < -0.4 is 16.0 Å². The van der Waals surface area contributed by atoms with Crippen molar-refractivity contribution in [2.45, 2.75) is 51.1 Å². The normalized spacial score (nSPS) is 15.4. The first-order valence-corrected chi connectivity index (χ1v) is 17.3. The molecule has 0 aliphatic carbocycles. The lowest BCUT2D eigenvalue weighted by Gasteiger charge is -2.35. The molecule has 10 nitrogen and oxygen atoms in total. The number of hydrogen-bond acceptors (Lipinski definition) is 8. The number of aromatic nitrogens is 2. The number of benzene rings is 2. The van der Waals surface area contributed by atoms with Crippen molar-refractivity contribution in [3.05, 3.63) is 95.1 Å². The van der Waals surface area contributed by atoms with Crippen molar-refractivity contribution in [1.82, 2.24) is 19.8 Å². The molecule has 2 aliphatic rings. The van der Waals surface area contributed by atoms with E-state index in [4.69, 9.17) is 10.7 Å². The van der Waals surface area contributed by atoms with Crippen LogP contribution in [0.4, 0.5) is 10.9 Å². The standard InChI is InChI=1S/C36H41N7O3S/c37-31(44)11-7-2-1-3-8-17-41-18-20-42(21-19-41)32-15-14-28(24-39-32)27-12-13-29-25-43(35(46)30(29)23-27)33(26-9-5-4-6-10-26)34(45)40-36-38-16-22-47-36/h4-6,9-10,12-16,22-24,33H,1-3,7-8,11,17-21,25H2,(H2,37,44)(H,38,40,45). The van der Waals surface area contributed by atoms with Crippen LogP contribution in [0.2, 0.25) is 0 Å². The van der Waals surface area contributed by atoms with Crippen LogP contribution in [0, 0.1) is 0 Å². The summed E-state index contributed by atoms with van der Waals surface area (Å²) in [6.07, 6.45) is 9.50. The lowest BCUT2D eigenvalue weighted by Crippen LogP contribution is -2.46. The number of nitrogens with zero attached hydrogens (tertiary/aromatic N) is 5.